The van der Waals surface area contributed by atoms with Crippen LogP contribution >= 0.6 is 0 Å². The van der Waals surface area contributed by atoms with E-state index in [1.807, 2.05) is 32.3 Å². The number of fused-ring (bicyclic) bond motifs is 1. The average molecular weight is 227 g/mol. The van der Waals surface area contributed by atoms with Gasteiger partial charge >= 0.3 is 0 Å². The molecule has 0 aliphatic carbocycles. The second-order valence-electron chi connectivity index (χ2n) is 4.07. The quantitative estimate of drug-likeness (QED) is 0.630. The SMILES string of the molecule is Cc1[nH]nc(Nc2cncc3[nH]ccc23)c1C. The summed E-state index contributed by atoms with van der Waals surface area (Å²) < 4.78 is 0. The van der Waals surface area contributed by atoms with E-state index in [9.17, 15) is 0 Å². The van der Waals surface area contributed by atoms with Crippen LogP contribution in [-0.4, -0.2) is 20.2 Å². The smallest absolute Gasteiger partial charge is 0.155 e. The third-order valence-corrected chi connectivity index (χ3v) is 2.98. The van der Waals surface area contributed by atoms with Crippen molar-refractivity contribution in [1.82, 2.24) is 20.2 Å². The van der Waals surface area contributed by atoms with Crippen LogP contribution in [0.15, 0.2) is 24.7 Å². The molecule has 5 heteroatoms. The minimum atomic E-state index is 0.845. The fraction of sp³-hybridized carbons (Fsp3) is 0.167. The molecule has 86 valence electrons. The standard InChI is InChI=1S/C12H13N5/c1-7-8(2)16-17-12(7)15-11-6-13-5-10-9(11)3-4-14-10/h3-6,14H,1-2H3,(H2,15,16,17). The molecule has 0 bridgehead atoms. The van der Waals surface area contributed by atoms with E-state index < -0.39 is 0 Å². The van der Waals surface area contributed by atoms with E-state index in [0.29, 0.717) is 0 Å². The molecule has 0 saturated heterocycles. The van der Waals surface area contributed by atoms with Crippen molar-refractivity contribution in [2.24, 2.45) is 0 Å². The lowest BCUT2D eigenvalue weighted by molar-refractivity contribution is 1.05. The van der Waals surface area contributed by atoms with Gasteiger partial charge in [0.25, 0.3) is 0 Å². The Morgan fingerprint density at radius 1 is 1.24 bits per heavy atom. The Labute approximate surface area is 98.3 Å². The number of pyridine rings is 1. The lowest BCUT2D eigenvalue weighted by Crippen LogP contribution is -1.94. The fourth-order valence-electron chi connectivity index (χ4n) is 1.81. The maximum atomic E-state index is 4.23. The Morgan fingerprint density at radius 2 is 2.12 bits per heavy atom. The van der Waals surface area contributed by atoms with Crippen LogP contribution in [-0.2, 0) is 0 Å². The number of nitrogens with zero attached hydrogens (tertiary/aromatic N) is 2. The van der Waals surface area contributed by atoms with Crippen LogP contribution in [0, 0.1) is 13.8 Å². The largest absolute Gasteiger partial charge is 0.360 e. The van der Waals surface area contributed by atoms with Gasteiger partial charge in [0.2, 0.25) is 0 Å². The van der Waals surface area contributed by atoms with Gasteiger partial charge in [0.15, 0.2) is 5.82 Å². The first-order valence-electron chi connectivity index (χ1n) is 5.45. The van der Waals surface area contributed by atoms with Crippen LogP contribution in [0.2, 0.25) is 0 Å². The normalized spacial score (nSPS) is 10.9. The van der Waals surface area contributed by atoms with Crippen LogP contribution in [0.1, 0.15) is 11.3 Å². The lowest BCUT2D eigenvalue weighted by Gasteiger charge is -2.05. The number of nitrogens with one attached hydrogen (secondary N) is 3. The molecule has 3 aromatic heterocycles. The summed E-state index contributed by atoms with van der Waals surface area (Å²) in [4.78, 5) is 7.32. The zero-order valence-corrected chi connectivity index (χ0v) is 9.70. The highest BCUT2D eigenvalue weighted by Gasteiger charge is 2.08. The molecule has 0 atom stereocenters. The Balaban J connectivity index is 2.05. The summed E-state index contributed by atoms with van der Waals surface area (Å²) in [5, 5.41) is 11.6. The van der Waals surface area contributed by atoms with E-state index in [0.717, 1.165) is 33.7 Å². The van der Waals surface area contributed by atoms with Crippen molar-refractivity contribution >= 4 is 22.4 Å². The van der Waals surface area contributed by atoms with E-state index in [1.54, 1.807) is 6.20 Å². The predicted octanol–water partition coefficient (Wildman–Crippen LogP) is 2.65. The van der Waals surface area contributed by atoms with Gasteiger partial charge in [-0.2, -0.15) is 5.10 Å². The molecule has 0 unspecified atom stereocenters. The fourth-order valence-corrected chi connectivity index (χ4v) is 1.81. The van der Waals surface area contributed by atoms with Crippen molar-refractivity contribution in [3.05, 3.63) is 35.9 Å². The molecule has 0 fully saturated rings. The van der Waals surface area contributed by atoms with Crippen LogP contribution in [0.3, 0.4) is 0 Å². The van der Waals surface area contributed by atoms with Gasteiger partial charge in [0, 0.05) is 22.8 Å². The van der Waals surface area contributed by atoms with E-state index in [-0.39, 0.29) is 0 Å². The van der Waals surface area contributed by atoms with Crippen molar-refractivity contribution in [2.75, 3.05) is 5.32 Å². The Kier molecular flexibility index (Phi) is 2.11. The molecule has 0 aliphatic rings. The van der Waals surface area contributed by atoms with Crippen LogP contribution in [0.25, 0.3) is 10.9 Å². The molecule has 0 spiro atoms. The van der Waals surface area contributed by atoms with Gasteiger partial charge in [-0.15, -0.1) is 0 Å². The summed E-state index contributed by atoms with van der Waals surface area (Å²) in [5.74, 6) is 0.845. The molecule has 17 heavy (non-hydrogen) atoms. The second kappa shape index (κ2) is 3.62. The predicted molar refractivity (Wildman–Crippen MR) is 67.4 cm³/mol. The third-order valence-electron chi connectivity index (χ3n) is 2.98. The molecular weight excluding hydrogens is 214 g/mol. The first kappa shape index (κ1) is 9.89. The summed E-state index contributed by atoms with van der Waals surface area (Å²) >= 11 is 0. The molecular formula is C12H13N5. The van der Waals surface area contributed by atoms with Crippen molar-refractivity contribution in [3.8, 4) is 0 Å². The minimum Gasteiger partial charge on any atom is -0.360 e. The number of anilines is 2. The minimum absolute atomic E-state index is 0.845. The van der Waals surface area contributed by atoms with Crippen molar-refractivity contribution < 1.29 is 0 Å². The van der Waals surface area contributed by atoms with E-state index in [2.05, 4.69) is 25.5 Å². The van der Waals surface area contributed by atoms with Gasteiger partial charge in [0.05, 0.1) is 23.6 Å². The molecule has 3 N–H and O–H groups in total. The molecule has 0 aromatic carbocycles. The zero-order chi connectivity index (χ0) is 11.8. The van der Waals surface area contributed by atoms with Crippen LogP contribution in [0.5, 0.6) is 0 Å². The monoisotopic (exact) mass is 227 g/mol. The molecule has 0 aliphatic heterocycles. The number of aryl methyl sites for hydroxylation is 1. The highest BCUT2D eigenvalue weighted by molar-refractivity contribution is 5.92. The van der Waals surface area contributed by atoms with E-state index >= 15 is 0 Å². The van der Waals surface area contributed by atoms with E-state index in [1.165, 1.54) is 0 Å². The van der Waals surface area contributed by atoms with Gasteiger partial charge in [-0.3, -0.25) is 10.1 Å². The van der Waals surface area contributed by atoms with Crippen LogP contribution < -0.4 is 5.32 Å². The number of hydrogen-bond donors (Lipinski definition) is 3. The Morgan fingerprint density at radius 3 is 2.88 bits per heavy atom. The van der Waals surface area contributed by atoms with Gasteiger partial charge < -0.3 is 10.3 Å². The van der Waals surface area contributed by atoms with Crippen LogP contribution in [0.4, 0.5) is 11.5 Å². The summed E-state index contributed by atoms with van der Waals surface area (Å²) in [6.45, 7) is 4.04. The van der Waals surface area contributed by atoms with Gasteiger partial charge in [0.1, 0.15) is 0 Å². The summed E-state index contributed by atoms with van der Waals surface area (Å²) in [7, 11) is 0. The summed E-state index contributed by atoms with van der Waals surface area (Å²) in [5.41, 5.74) is 4.16. The molecule has 0 saturated carbocycles. The lowest BCUT2D eigenvalue weighted by atomic mass is 10.2. The number of H-pyrrole nitrogens is 2. The van der Waals surface area contributed by atoms with Crippen molar-refractivity contribution in [2.45, 2.75) is 13.8 Å². The molecule has 0 amide bonds. The molecule has 0 radical (unpaired) electrons. The molecule has 3 heterocycles. The average Bonchev–Trinajstić information content (AvgIpc) is 2.91. The Hall–Kier alpha value is -2.30. The summed E-state index contributed by atoms with van der Waals surface area (Å²) in [6, 6.07) is 2.02. The highest BCUT2D eigenvalue weighted by atomic mass is 15.2. The third kappa shape index (κ3) is 1.56. The topological polar surface area (TPSA) is 69.4 Å². The number of aromatic nitrogens is 4. The number of aromatic amines is 2. The molecule has 3 rings (SSSR count). The first-order valence-corrected chi connectivity index (χ1v) is 5.45. The van der Waals surface area contributed by atoms with Gasteiger partial charge in [-0.1, -0.05) is 0 Å². The summed E-state index contributed by atoms with van der Waals surface area (Å²) in [6.07, 6.45) is 5.52. The van der Waals surface area contributed by atoms with E-state index in [4.69, 9.17) is 0 Å². The number of rotatable bonds is 2. The first-order chi connectivity index (χ1) is 8.25. The number of hydrogen-bond acceptors (Lipinski definition) is 3. The Bertz CT molecular complexity index is 664. The molecule has 3 aromatic rings. The van der Waals surface area contributed by atoms with Gasteiger partial charge in [-0.25, -0.2) is 0 Å². The van der Waals surface area contributed by atoms with Gasteiger partial charge in [-0.05, 0) is 19.9 Å². The maximum absolute atomic E-state index is 4.23. The molecule has 5 nitrogen and oxygen atoms in total. The van der Waals surface area contributed by atoms with Crippen molar-refractivity contribution in [1.29, 1.82) is 0 Å². The second-order valence-corrected chi connectivity index (χ2v) is 4.07. The van der Waals surface area contributed by atoms with Crippen molar-refractivity contribution in [3.63, 3.8) is 0 Å². The maximum Gasteiger partial charge on any atom is 0.155 e. The highest BCUT2D eigenvalue weighted by Crippen LogP contribution is 2.25. The zero-order valence-electron chi connectivity index (χ0n) is 9.70.